The highest BCUT2D eigenvalue weighted by molar-refractivity contribution is 5.94. The molecule has 0 saturated carbocycles. The minimum Gasteiger partial charge on any atom is -0.406 e. The van der Waals surface area contributed by atoms with E-state index < -0.39 is 6.36 Å². The lowest BCUT2D eigenvalue weighted by Crippen LogP contribution is -2.29. The number of likely N-dealkylation sites (tertiary alicyclic amines) is 1. The summed E-state index contributed by atoms with van der Waals surface area (Å²) in [5, 5.41) is 12.0. The molecule has 1 aliphatic heterocycles. The molecule has 0 N–H and O–H groups in total. The molecule has 4 rings (SSSR count). The van der Waals surface area contributed by atoms with Gasteiger partial charge in [0.05, 0.1) is 12.2 Å². The smallest absolute Gasteiger partial charge is 0.406 e. The fourth-order valence-electron chi connectivity index (χ4n) is 3.18. The van der Waals surface area contributed by atoms with E-state index in [0.29, 0.717) is 37.4 Å². The lowest BCUT2D eigenvalue weighted by atomic mass is 10.2. The summed E-state index contributed by atoms with van der Waals surface area (Å²) in [6, 6.07) is 4.77. The predicted molar refractivity (Wildman–Crippen MR) is 95.4 cm³/mol. The number of nitrogens with zero attached hydrogens (tertiary/aromatic N) is 6. The van der Waals surface area contributed by atoms with Gasteiger partial charge < -0.3 is 14.2 Å². The van der Waals surface area contributed by atoms with Crippen molar-refractivity contribution in [3.05, 3.63) is 41.9 Å². The Bertz CT molecular complexity index is 1030. The van der Waals surface area contributed by atoms with E-state index >= 15 is 0 Å². The Morgan fingerprint density at radius 1 is 1.30 bits per heavy atom. The number of halogens is 3. The second-order valence-corrected chi connectivity index (χ2v) is 6.72. The van der Waals surface area contributed by atoms with Crippen LogP contribution >= 0.6 is 0 Å². The number of aromatic nitrogens is 5. The van der Waals surface area contributed by atoms with Crippen molar-refractivity contribution in [3.63, 3.8) is 0 Å². The molecule has 0 bridgehead atoms. The first-order chi connectivity index (χ1) is 14.3. The molecule has 1 saturated heterocycles. The van der Waals surface area contributed by atoms with Crippen LogP contribution in [-0.4, -0.2) is 55.4 Å². The maximum atomic E-state index is 12.7. The van der Waals surface area contributed by atoms with Crippen LogP contribution in [0.2, 0.25) is 0 Å². The van der Waals surface area contributed by atoms with Gasteiger partial charge in [0.2, 0.25) is 0 Å². The van der Waals surface area contributed by atoms with Gasteiger partial charge in [-0.15, -0.1) is 18.3 Å². The number of carbonyl (C=O) groups is 1. The molecular formula is C18H17F3N6O3. The van der Waals surface area contributed by atoms with Crippen molar-refractivity contribution in [3.8, 4) is 17.3 Å². The summed E-state index contributed by atoms with van der Waals surface area (Å²) in [5.74, 6) is 0.204. The molecule has 0 unspecified atom stereocenters. The number of benzene rings is 1. The van der Waals surface area contributed by atoms with Crippen LogP contribution in [0, 0.1) is 0 Å². The van der Waals surface area contributed by atoms with E-state index in [9.17, 15) is 18.0 Å². The van der Waals surface area contributed by atoms with E-state index in [-0.39, 0.29) is 29.2 Å². The van der Waals surface area contributed by atoms with Crippen LogP contribution in [0.25, 0.3) is 11.6 Å². The van der Waals surface area contributed by atoms with Crippen LogP contribution in [-0.2, 0) is 6.42 Å². The van der Waals surface area contributed by atoms with Gasteiger partial charge in [-0.2, -0.15) is 4.98 Å². The maximum Gasteiger partial charge on any atom is 0.573 e. The van der Waals surface area contributed by atoms with Gasteiger partial charge in [0.25, 0.3) is 11.8 Å². The lowest BCUT2D eigenvalue weighted by Gasteiger charge is -2.17. The molecule has 1 atom stereocenters. The van der Waals surface area contributed by atoms with E-state index in [1.54, 1.807) is 15.8 Å². The largest absolute Gasteiger partial charge is 0.573 e. The Hall–Kier alpha value is -3.44. The quantitative estimate of drug-likeness (QED) is 0.623. The third kappa shape index (κ3) is 4.26. The molecule has 3 heterocycles. The SMILES string of the molecule is CCc1noc(-c2cn([C@H]3CCN(C(=O)c4ccc(OC(F)(F)F)cc4)C3)nn2)n1. The zero-order valence-electron chi connectivity index (χ0n) is 15.8. The average molecular weight is 422 g/mol. The van der Waals surface area contributed by atoms with Gasteiger partial charge in [0.15, 0.2) is 11.5 Å². The van der Waals surface area contributed by atoms with Gasteiger partial charge in [0.1, 0.15) is 5.75 Å². The van der Waals surface area contributed by atoms with Crippen LogP contribution in [0.15, 0.2) is 35.0 Å². The molecule has 158 valence electrons. The molecule has 3 aromatic rings. The van der Waals surface area contributed by atoms with E-state index in [1.165, 1.54) is 12.1 Å². The first-order valence-corrected chi connectivity index (χ1v) is 9.22. The number of ether oxygens (including phenoxy) is 1. The fraction of sp³-hybridized carbons (Fsp3) is 0.389. The van der Waals surface area contributed by atoms with Crippen molar-refractivity contribution >= 4 is 5.91 Å². The first-order valence-electron chi connectivity index (χ1n) is 9.22. The molecule has 1 aromatic carbocycles. The number of hydrogen-bond acceptors (Lipinski definition) is 7. The van der Waals surface area contributed by atoms with Crippen LogP contribution in [0.3, 0.4) is 0 Å². The zero-order chi connectivity index (χ0) is 21.3. The van der Waals surface area contributed by atoms with Gasteiger partial charge in [-0.05, 0) is 30.7 Å². The molecule has 1 amide bonds. The fourth-order valence-corrected chi connectivity index (χ4v) is 3.18. The number of hydrogen-bond donors (Lipinski definition) is 0. The second kappa shape index (κ2) is 7.76. The Kier molecular flexibility index (Phi) is 5.14. The van der Waals surface area contributed by atoms with Gasteiger partial charge in [0, 0.05) is 25.1 Å². The monoisotopic (exact) mass is 422 g/mol. The van der Waals surface area contributed by atoms with Gasteiger partial charge in [-0.1, -0.05) is 17.3 Å². The molecule has 1 fully saturated rings. The van der Waals surface area contributed by atoms with Crippen molar-refractivity contribution < 1.29 is 27.2 Å². The number of amides is 1. The van der Waals surface area contributed by atoms with Gasteiger partial charge in [-0.3, -0.25) is 4.79 Å². The van der Waals surface area contributed by atoms with Crippen molar-refractivity contribution in [1.29, 1.82) is 0 Å². The third-order valence-corrected chi connectivity index (χ3v) is 4.67. The van der Waals surface area contributed by atoms with Crippen molar-refractivity contribution in [2.45, 2.75) is 32.2 Å². The summed E-state index contributed by atoms with van der Waals surface area (Å²) in [7, 11) is 0. The number of alkyl halides is 3. The molecule has 1 aliphatic rings. The summed E-state index contributed by atoms with van der Waals surface area (Å²) in [4.78, 5) is 18.5. The van der Waals surface area contributed by atoms with Crippen LogP contribution in [0.1, 0.15) is 35.6 Å². The minimum atomic E-state index is -4.77. The summed E-state index contributed by atoms with van der Waals surface area (Å²) in [6.07, 6.45) is -1.78. The molecule has 0 radical (unpaired) electrons. The van der Waals surface area contributed by atoms with Crippen LogP contribution < -0.4 is 4.74 Å². The Balaban J connectivity index is 1.40. The van der Waals surface area contributed by atoms with Gasteiger partial charge in [-0.25, -0.2) is 4.68 Å². The molecule has 9 nitrogen and oxygen atoms in total. The molecule has 0 aliphatic carbocycles. The average Bonchev–Trinajstić information content (AvgIpc) is 3.46. The second-order valence-electron chi connectivity index (χ2n) is 6.72. The Labute approximate surface area is 168 Å². The van der Waals surface area contributed by atoms with Gasteiger partial charge >= 0.3 is 6.36 Å². The number of carbonyl (C=O) groups excluding carboxylic acids is 1. The first kappa shape index (κ1) is 19.9. The number of rotatable bonds is 5. The number of aryl methyl sites for hydroxylation is 1. The summed E-state index contributed by atoms with van der Waals surface area (Å²) in [5.41, 5.74) is 0.731. The molecular weight excluding hydrogens is 405 g/mol. The zero-order valence-corrected chi connectivity index (χ0v) is 15.8. The summed E-state index contributed by atoms with van der Waals surface area (Å²) >= 11 is 0. The summed E-state index contributed by atoms with van der Waals surface area (Å²) in [6.45, 7) is 2.79. The van der Waals surface area contributed by atoms with E-state index in [4.69, 9.17) is 4.52 Å². The molecule has 12 heteroatoms. The third-order valence-electron chi connectivity index (χ3n) is 4.67. The highest BCUT2D eigenvalue weighted by atomic mass is 19.4. The molecule has 2 aromatic heterocycles. The van der Waals surface area contributed by atoms with Crippen molar-refractivity contribution in [2.24, 2.45) is 0 Å². The predicted octanol–water partition coefficient (Wildman–Crippen LogP) is 2.88. The lowest BCUT2D eigenvalue weighted by molar-refractivity contribution is -0.274. The highest BCUT2D eigenvalue weighted by Gasteiger charge is 2.32. The van der Waals surface area contributed by atoms with Crippen molar-refractivity contribution in [1.82, 2.24) is 30.0 Å². The van der Waals surface area contributed by atoms with E-state index in [0.717, 1.165) is 12.1 Å². The van der Waals surface area contributed by atoms with E-state index in [1.807, 2.05) is 6.92 Å². The van der Waals surface area contributed by atoms with Crippen LogP contribution in [0.4, 0.5) is 13.2 Å². The standard InChI is InChI=1S/C18H17F3N6O3/c1-2-15-22-16(30-24-15)14-10-27(25-23-14)12-7-8-26(9-12)17(28)11-3-5-13(6-4-11)29-18(19,20)21/h3-6,10,12H,2,7-9H2,1H3/t12-/m0/s1. The maximum absolute atomic E-state index is 12.7. The minimum absolute atomic E-state index is 0.0865. The summed E-state index contributed by atoms with van der Waals surface area (Å²) < 4.78 is 47.4. The Morgan fingerprint density at radius 2 is 2.07 bits per heavy atom. The molecule has 0 spiro atoms. The van der Waals surface area contributed by atoms with Crippen LogP contribution in [0.5, 0.6) is 5.75 Å². The highest BCUT2D eigenvalue weighted by Crippen LogP contribution is 2.26. The van der Waals surface area contributed by atoms with E-state index in [2.05, 4.69) is 25.2 Å². The Morgan fingerprint density at radius 3 is 2.73 bits per heavy atom. The molecule has 30 heavy (non-hydrogen) atoms. The van der Waals surface area contributed by atoms with Crippen molar-refractivity contribution in [2.75, 3.05) is 13.1 Å². The normalized spacial score (nSPS) is 16.8. The topological polar surface area (TPSA) is 99.2 Å².